The normalized spacial score (nSPS) is 12.4. The Hall–Kier alpha value is -3.69. The van der Waals surface area contributed by atoms with Gasteiger partial charge in [0.25, 0.3) is 0 Å². The van der Waals surface area contributed by atoms with Crippen molar-refractivity contribution in [2.45, 2.75) is 24.3 Å². The lowest BCUT2D eigenvalue weighted by atomic mass is 10.0. The first-order chi connectivity index (χ1) is 15.8. The molecule has 0 radical (unpaired) electrons. The van der Waals surface area contributed by atoms with Crippen molar-refractivity contribution in [1.82, 2.24) is 10.1 Å². The van der Waals surface area contributed by atoms with Crippen LogP contribution < -0.4 is 14.9 Å². The number of nitrogens with one attached hydrogen (secondary N) is 2. The van der Waals surface area contributed by atoms with Gasteiger partial charge < -0.3 is 9.84 Å². The molecule has 0 saturated carbocycles. The number of rotatable bonds is 9. The highest BCUT2D eigenvalue weighted by atomic mass is 32.2. The Kier molecular flexibility index (Phi) is 7.81. The van der Waals surface area contributed by atoms with Crippen molar-refractivity contribution < 1.29 is 23.1 Å². The lowest BCUT2D eigenvalue weighted by molar-refractivity contribution is -0.121. The highest BCUT2D eigenvalue weighted by Gasteiger charge is 2.23. The molecule has 1 amide bonds. The summed E-state index contributed by atoms with van der Waals surface area (Å²) in [7, 11) is -2.43. The molecule has 0 aromatic heterocycles. The molecule has 0 aliphatic rings. The molecule has 8 nitrogen and oxygen atoms in total. The van der Waals surface area contributed by atoms with E-state index in [2.05, 4.69) is 15.2 Å². The Bertz CT molecular complexity index is 1230. The Morgan fingerprint density at radius 1 is 1.06 bits per heavy atom. The van der Waals surface area contributed by atoms with Gasteiger partial charge in [-0.2, -0.15) is 5.10 Å². The second-order valence-corrected chi connectivity index (χ2v) is 9.01. The van der Waals surface area contributed by atoms with E-state index < -0.39 is 22.0 Å². The summed E-state index contributed by atoms with van der Waals surface area (Å²) in [6.45, 7) is 1.87. The van der Waals surface area contributed by atoms with E-state index in [0.717, 1.165) is 5.56 Å². The van der Waals surface area contributed by atoms with Crippen molar-refractivity contribution in [3.8, 4) is 11.5 Å². The first-order valence-electron chi connectivity index (χ1n) is 10.1. The van der Waals surface area contributed by atoms with Crippen LogP contribution in [0.3, 0.4) is 0 Å². The van der Waals surface area contributed by atoms with Gasteiger partial charge >= 0.3 is 0 Å². The van der Waals surface area contributed by atoms with Gasteiger partial charge in [0, 0.05) is 12.0 Å². The molecule has 0 aliphatic carbocycles. The third kappa shape index (κ3) is 6.41. The van der Waals surface area contributed by atoms with Crippen LogP contribution in [-0.2, 0) is 14.8 Å². The van der Waals surface area contributed by atoms with Crippen LogP contribution in [0.2, 0.25) is 0 Å². The predicted molar refractivity (Wildman–Crippen MR) is 126 cm³/mol. The van der Waals surface area contributed by atoms with Crippen LogP contribution in [0.25, 0.3) is 0 Å². The molecule has 3 N–H and O–H groups in total. The number of hydrogen-bond donors (Lipinski definition) is 3. The first kappa shape index (κ1) is 24.0. The fourth-order valence-corrected chi connectivity index (χ4v) is 4.32. The smallest absolute Gasteiger partial charge is 0.242 e. The number of hydrazone groups is 1. The zero-order valence-electron chi connectivity index (χ0n) is 18.2. The van der Waals surface area contributed by atoms with E-state index >= 15 is 0 Å². The number of amides is 1. The first-order valence-corrected chi connectivity index (χ1v) is 11.6. The Morgan fingerprint density at radius 3 is 2.42 bits per heavy atom. The number of carbonyl (C=O) groups is 1. The highest BCUT2D eigenvalue weighted by molar-refractivity contribution is 7.89. The fraction of sp³-hybridized carbons (Fsp3) is 0.167. The SMILES string of the molecule is COc1cccc(/C=N\NC(=O)C[C@H](NS(=O)(=O)c2ccc(C)cc2)c2ccccc2)c1O. The molecule has 3 aromatic carbocycles. The largest absolute Gasteiger partial charge is 0.504 e. The van der Waals surface area contributed by atoms with Crippen molar-refractivity contribution in [3.63, 3.8) is 0 Å². The number of sulfonamides is 1. The summed E-state index contributed by atoms with van der Waals surface area (Å²) in [5.74, 6) is -0.333. The molecule has 1 atom stereocenters. The average molecular weight is 468 g/mol. The van der Waals surface area contributed by atoms with Gasteiger partial charge in [-0.25, -0.2) is 18.6 Å². The van der Waals surface area contributed by atoms with Crippen LogP contribution in [0, 0.1) is 6.92 Å². The standard InChI is InChI=1S/C24H25N3O5S/c1-17-11-13-20(14-12-17)33(30,31)27-21(18-7-4-3-5-8-18)15-23(28)26-25-16-19-9-6-10-22(32-2)24(19)29/h3-14,16,21,27,29H,15H2,1-2H3,(H,26,28)/b25-16-/t21-/m0/s1. The molecule has 3 aromatic rings. The fourth-order valence-electron chi connectivity index (χ4n) is 3.10. The molecule has 33 heavy (non-hydrogen) atoms. The molecule has 0 fully saturated rings. The average Bonchev–Trinajstić information content (AvgIpc) is 2.80. The van der Waals surface area contributed by atoms with Crippen molar-refractivity contribution in [3.05, 3.63) is 89.5 Å². The molecule has 0 aliphatic heterocycles. The minimum absolute atomic E-state index is 0.106. The maximum Gasteiger partial charge on any atom is 0.242 e. The number of nitrogens with zero attached hydrogens (tertiary/aromatic N) is 1. The number of ether oxygens (including phenoxy) is 1. The van der Waals surface area contributed by atoms with E-state index in [-0.39, 0.29) is 22.8 Å². The highest BCUT2D eigenvalue weighted by Crippen LogP contribution is 2.28. The summed E-state index contributed by atoms with van der Waals surface area (Å²) in [6.07, 6.45) is 1.10. The number of phenols is 1. The van der Waals surface area contributed by atoms with E-state index in [1.54, 1.807) is 60.7 Å². The van der Waals surface area contributed by atoms with Gasteiger partial charge in [0.05, 0.1) is 24.3 Å². The van der Waals surface area contributed by atoms with Gasteiger partial charge in [-0.05, 0) is 36.8 Å². The molecule has 3 rings (SSSR count). The quantitative estimate of drug-likeness (QED) is 0.330. The van der Waals surface area contributed by atoms with E-state index in [4.69, 9.17) is 4.74 Å². The van der Waals surface area contributed by atoms with Crippen LogP contribution in [0.4, 0.5) is 0 Å². The molecule has 0 spiro atoms. The summed E-state index contributed by atoms with van der Waals surface area (Å²) in [4.78, 5) is 12.7. The van der Waals surface area contributed by atoms with Crippen molar-refractivity contribution in [1.29, 1.82) is 0 Å². The summed E-state index contributed by atoms with van der Waals surface area (Å²) < 4.78 is 33.4. The molecule has 0 bridgehead atoms. The van der Waals surface area contributed by atoms with Crippen LogP contribution >= 0.6 is 0 Å². The second-order valence-electron chi connectivity index (χ2n) is 7.29. The van der Waals surface area contributed by atoms with E-state index in [1.165, 1.54) is 25.5 Å². The number of aryl methyl sites for hydroxylation is 1. The number of phenolic OH excluding ortho intramolecular Hbond substituents is 1. The predicted octanol–water partition coefficient (Wildman–Crippen LogP) is 3.27. The summed E-state index contributed by atoms with van der Waals surface area (Å²) in [5, 5.41) is 14.0. The monoisotopic (exact) mass is 467 g/mol. The Morgan fingerprint density at radius 2 is 1.76 bits per heavy atom. The lowest BCUT2D eigenvalue weighted by Crippen LogP contribution is -2.32. The lowest BCUT2D eigenvalue weighted by Gasteiger charge is -2.18. The Balaban J connectivity index is 1.74. The van der Waals surface area contributed by atoms with Gasteiger partial charge in [0.1, 0.15) is 0 Å². The molecule has 0 saturated heterocycles. The number of hydrogen-bond acceptors (Lipinski definition) is 6. The van der Waals surface area contributed by atoms with E-state index in [9.17, 15) is 18.3 Å². The third-order valence-corrected chi connectivity index (χ3v) is 6.35. The van der Waals surface area contributed by atoms with E-state index in [0.29, 0.717) is 11.1 Å². The maximum atomic E-state index is 12.9. The minimum Gasteiger partial charge on any atom is -0.504 e. The van der Waals surface area contributed by atoms with Gasteiger partial charge in [-0.3, -0.25) is 4.79 Å². The number of para-hydroxylation sites is 1. The van der Waals surface area contributed by atoms with Gasteiger partial charge in [-0.1, -0.05) is 54.1 Å². The van der Waals surface area contributed by atoms with Crippen molar-refractivity contribution >= 4 is 22.1 Å². The second kappa shape index (κ2) is 10.8. The number of methoxy groups -OCH3 is 1. The Labute approximate surface area is 193 Å². The number of carbonyl (C=O) groups excluding carboxylic acids is 1. The zero-order valence-corrected chi connectivity index (χ0v) is 19.0. The molecular weight excluding hydrogens is 442 g/mol. The zero-order chi connectivity index (χ0) is 23.8. The molecule has 9 heteroatoms. The molecule has 0 unspecified atom stereocenters. The van der Waals surface area contributed by atoms with Gasteiger partial charge in [-0.15, -0.1) is 0 Å². The molecular formula is C24H25N3O5S. The van der Waals surface area contributed by atoms with Gasteiger partial charge in [0.15, 0.2) is 11.5 Å². The van der Waals surface area contributed by atoms with E-state index in [1.807, 2.05) is 6.92 Å². The maximum absolute atomic E-state index is 12.9. The molecule has 172 valence electrons. The molecule has 0 heterocycles. The van der Waals surface area contributed by atoms with Crippen molar-refractivity contribution in [2.75, 3.05) is 7.11 Å². The topological polar surface area (TPSA) is 117 Å². The third-order valence-electron chi connectivity index (χ3n) is 4.86. The number of benzene rings is 3. The van der Waals surface area contributed by atoms with Crippen LogP contribution in [0.15, 0.2) is 82.8 Å². The van der Waals surface area contributed by atoms with Crippen LogP contribution in [0.5, 0.6) is 11.5 Å². The minimum atomic E-state index is -3.86. The van der Waals surface area contributed by atoms with Crippen LogP contribution in [-0.4, -0.2) is 32.8 Å². The van der Waals surface area contributed by atoms with Crippen LogP contribution in [0.1, 0.15) is 29.2 Å². The summed E-state index contributed by atoms with van der Waals surface area (Å²) in [6, 6.07) is 19.4. The summed E-state index contributed by atoms with van der Waals surface area (Å²) >= 11 is 0. The van der Waals surface area contributed by atoms with Gasteiger partial charge in [0.2, 0.25) is 15.9 Å². The van der Waals surface area contributed by atoms with Crippen molar-refractivity contribution in [2.24, 2.45) is 5.10 Å². The summed E-state index contributed by atoms with van der Waals surface area (Å²) in [5.41, 5.74) is 4.30. The number of aromatic hydroxyl groups is 1.